The van der Waals surface area contributed by atoms with Crippen LogP contribution in [0.15, 0.2) is 58.0 Å². The van der Waals surface area contributed by atoms with E-state index in [4.69, 9.17) is 4.74 Å². The van der Waals surface area contributed by atoms with Crippen LogP contribution >= 0.6 is 23.1 Å². The molecule has 1 aliphatic rings. The number of hydrogen-bond donors (Lipinski definition) is 2. The molecule has 2 heterocycles. The number of ether oxygens (including phenoxy) is 1. The molecule has 2 N–H and O–H groups in total. The van der Waals surface area contributed by atoms with E-state index in [0.717, 1.165) is 27.1 Å². The Morgan fingerprint density at radius 2 is 1.95 bits per heavy atom. The Morgan fingerprint density at radius 3 is 2.54 bits per heavy atom. The van der Waals surface area contributed by atoms with Crippen molar-refractivity contribution in [2.24, 2.45) is 5.92 Å². The van der Waals surface area contributed by atoms with Gasteiger partial charge in [-0.1, -0.05) is 88.0 Å². The van der Waals surface area contributed by atoms with Crippen molar-refractivity contribution < 1.29 is 19.4 Å². The number of cyclic esters (lactones) is 1. The first-order chi connectivity index (χ1) is 17.4. The molecule has 8 heteroatoms. The highest BCUT2D eigenvalue weighted by Crippen LogP contribution is 2.46. The van der Waals surface area contributed by atoms with Gasteiger partial charge in [-0.05, 0) is 47.4 Å². The first-order valence-corrected chi connectivity index (χ1v) is 14.1. The summed E-state index contributed by atoms with van der Waals surface area (Å²) in [7, 11) is 0. The number of esters is 1. The van der Waals surface area contributed by atoms with Crippen molar-refractivity contribution >= 4 is 50.3 Å². The number of aryl methyl sites for hydroxylation is 1. The number of rotatable bonds is 7. The number of aliphatic hydroxyl groups is 1. The topological polar surface area (TPSA) is 88.5 Å². The largest absolute Gasteiger partial charge is 0.511 e. The van der Waals surface area contributed by atoms with Crippen molar-refractivity contribution in [3.05, 3.63) is 64.3 Å². The molecule has 196 valence electrons. The van der Waals surface area contributed by atoms with Gasteiger partial charge in [-0.2, -0.15) is 0 Å². The van der Waals surface area contributed by atoms with E-state index in [1.807, 2.05) is 44.2 Å². The summed E-state index contributed by atoms with van der Waals surface area (Å²) in [6.07, 6.45) is 1.68. The number of nitrogens with one attached hydrogen (secondary N) is 1. The number of aromatic nitrogens is 1. The van der Waals surface area contributed by atoms with E-state index in [1.54, 1.807) is 0 Å². The molecule has 0 bridgehead atoms. The molecule has 3 aromatic rings. The summed E-state index contributed by atoms with van der Waals surface area (Å²) in [4.78, 5) is 30.5. The minimum absolute atomic E-state index is 0.0414. The molecule has 0 spiro atoms. The lowest BCUT2D eigenvalue weighted by Crippen LogP contribution is -2.44. The number of anilines is 1. The Labute approximate surface area is 226 Å². The van der Waals surface area contributed by atoms with Crippen LogP contribution in [0.5, 0.6) is 0 Å². The van der Waals surface area contributed by atoms with Crippen LogP contribution in [0.2, 0.25) is 0 Å². The minimum atomic E-state index is -0.761. The molecule has 4 rings (SSSR count). The zero-order valence-electron chi connectivity index (χ0n) is 22.2. The number of hydrogen-bond acceptors (Lipinski definition) is 7. The van der Waals surface area contributed by atoms with Crippen molar-refractivity contribution in [3.63, 3.8) is 0 Å². The van der Waals surface area contributed by atoms with E-state index < -0.39 is 11.6 Å². The van der Waals surface area contributed by atoms with E-state index in [0.29, 0.717) is 11.6 Å². The van der Waals surface area contributed by atoms with Gasteiger partial charge in [-0.15, -0.1) is 0 Å². The average Bonchev–Trinajstić information content (AvgIpc) is 3.20. The van der Waals surface area contributed by atoms with Gasteiger partial charge < -0.3 is 15.2 Å². The van der Waals surface area contributed by atoms with Crippen molar-refractivity contribution in [3.8, 4) is 0 Å². The highest BCUT2D eigenvalue weighted by Gasteiger charge is 2.44. The predicted octanol–water partition coefficient (Wildman–Crippen LogP) is 7.39. The number of thioether (sulfide) groups is 1. The standard InChI is InChI=1S/C29H34N2O4S2/c1-17(2)29(13-12-19-10-8-7-9-11-19)16-22(33)25(26(34)35-29)36-23-15-24-21(14-20(23)28(4,5)6)31-27(37-24)30-18(3)32/h7-11,14-15,17,33H,12-13,16H2,1-6H3,(H,30,31,32)/t29-/m0/s1. The number of carbonyl (C=O) groups excluding carboxylic acids is 2. The molecule has 1 aromatic heterocycles. The van der Waals surface area contributed by atoms with Crippen LogP contribution in [0.1, 0.15) is 65.5 Å². The lowest BCUT2D eigenvalue weighted by molar-refractivity contribution is -0.164. The minimum Gasteiger partial charge on any atom is -0.511 e. The number of aliphatic hydroxyl groups excluding tert-OH is 1. The SMILES string of the molecule is CC(=O)Nc1nc2cc(C(C)(C)C)c(SC3=C(O)C[C@@](CCc4ccccc4)(C(C)C)OC3=O)cc2s1. The lowest BCUT2D eigenvalue weighted by atomic mass is 9.80. The van der Waals surface area contributed by atoms with Crippen molar-refractivity contribution in [2.75, 3.05) is 5.32 Å². The summed E-state index contributed by atoms with van der Waals surface area (Å²) in [5.41, 5.74) is 1.96. The van der Waals surface area contributed by atoms with Crippen LogP contribution in [0.4, 0.5) is 5.13 Å². The van der Waals surface area contributed by atoms with Crippen LogP contribution in [0, 0.1) is 5.92 Å². The molecule has 0 saturated heterocycles. The van der Waals surface area contributed by atoms with Crippen LogP contribution in [-0.2, 0) is 26.2 Å². The second kappa shape index (κ2) is 10.5. The van der Waals surface area contributed by atoms with Crippen LogP contribution in [0.25, 0.3) is 10.2 Å². The van der Waals surface area contributed by atoms with Gasteiger partial charge in [0.15, 0.2) is 5.13 Å². The first kappa shape index (κ1) is 27.2. The zero-order chi connectivity index (χ0) is 27.0. The van der Waals surface area contributed by atoms with Gasteiger partial charge >= 0.3 is 5.97 Å². The van der Waals surface area contributed by atoms with E-state index in [-0.39, 0.29) is 34.3 Å². The molecule has 1 amide bonds. The number of fused-ring (bicyclic) bond motifs is 1. The molecule has 0 unspecified atom stereocenters. The Balaban J connectivity index is 1.67. The van der Waals surface area contributed by atoms with Gasteiger partial charge in [-0.25, -0.2) is 9.78 Å². The third kappa shape index (κ3) is 6.02. The Hall–Kier alpha value is -2.84. The predicted molar refractivity (Wildman–Crippen MR) is 151 cm³/mol. The molecular formula is C29H34N2O4S2. The van der Waals surface area contributed by atoms with Crippen LogP contribution in [-0.4, -0.2) is 27.6 Å². The molecule has 0 radical (unpaired) electrons. The molecule has 37 heavy (non-hydrogen) atoms. The molecule has 0 fully saturated rings. The van der Waals surface area contributed by atoms with Crippen LogP contribution < -0.4 is 5.32 Å². The normalized spacial score (nSPS) is 18.4. The molecule has 0 saturated carbocycles. The Kier molecular flexibility index (Phi) is 7.72. The van der Waals surface area contributed by atoms with Gasteiger partial charge in [0.2, 0.25) is 5.91 Å². The summed E-state index contributed by atoms with van der Waals surface area (Å²) in [5, 5.41) is 14.5. The average molecular weight is 539 g/mol. The van der Waals surface area contributed by atoms with Gasteiger partial charge in [0.25, 0.3) is 0 Å². The summed E-state index contributed by atoms with van der Waals surface area (Å²) < 4.78 is 7.03. The summed E-state index contributed by atoms with van der Waals surface area (Å²) in [5.74, 6) is -0.546. The van der Waals surface area contributed by atoms with Gasteiger partial charge in [-0.3, -0.25) is 4.79 Å². The van der Waals surface area contributed by atoms with E-state index >= 15 is 0 Å². The molecule has 6 nitrogen and oxygen atoms in total. The molecular weight excluding hydrogens is 504 g/mol. The number of thiazole rings is 1. The van der Waals surface area contributed by atoms with Gasteiger partial charge in [0.1, 0.15) is 16.3 Å². The fourth-order valence-corrected chi connectivity index (χ4v) is 6.73. The number of carbonyl (C=O) groups is 2. The molecule has 2 aromatic carbocycles. The first-order valence-electron chi connectivity index (χ1n) is 12.5. The third-order valence-corrected chi connectivity index (χ3v) is 8.83. The van der Waals surface area contributed by atoms with Crippen molar-refractivity contribution in [1.82, 2.24) is 4.98 Å². The second-order valence-corrected chi connectivity index (χ2v) is 13.0. The monoisotopic (exact) mass is 538 g/mol. The zero-order valence-corrected chi connectivity index (χ0v) is 23.8. The summed E-state index contributed by atoms with van der Waals surface area (Å²) in [6.45, 7) is 11.8. The maximum atomic E-state index is 13.4. The van der Waals surface area contributed by atoms with E-state index in [2.05, 4.69) is 43.2 Å². The molecule has 1 atom stereocenters. The molecule has 1 aliphatic heterocycles. The lowest BCUT2D eigenvalue weighted by Gasteiger charge is -2.40. The van der Waals surface area contributed by atoms with E-state index in [9.17, 15) is 14.7 Å². The maximum Gasteiger partial charge on any atom is 0.349 e. The second-order valence-electron chi connectivity index (χ2n) is 10.9. The third-order valence-electron chi connectivity index (χ3n) is 6.73. The highest BCUT2D eigenvalue weighted by atomic mass is 32.2. The maximum absolute atomic E-state index is 13.4. The molecule has 0 aliphatic carbocycles. The number of benzene rings is 2. The quantitative estimate of drug-likeness (QED) is 0.305. The highest BCUT2D eigenvalue weighted by molar-refractivity contribution is 8.04. The van der Waals surface area contributed by atoms with E-state index in [1.165, 1.54) is 35.6 Å². The van der Waals surface area contributed by atoms with Crippen molar-refractivity contribution in [1.29, 1.82) is 0 Å². The fourth-order valence-electron chi connectivity index (χ4n) is 4.54. The van der Waals surface area contributed by atoms with Gasteiger partial charge in [0, 0.05) is 18.2 Å². The Morgan fingerprint density at radius 1 is 1.24 bits per heavy atom. The Bertz CT molecular complexity index is 1360. The van der Waals surface area contributed by atoms with Crippen LogP contribution in [0.3, 0.4) is 0 Å². The number of amides is 1. The fraction of sp³-hybridized carbons (Fsp3) is 0.414. The number of nitrogens with zero attached hydrogens (tertiary/aromatic N) is 1. The smallest absolute Gasteiger partial charge is 0.349 e. The van der Waals surface area contributed by atoms with Gasteiger partial charge in [0.05, 0.1) is 10.2 Å². The summed E-state index contributed by atoms with van der Waals surface area (Å²) >= 11 is 2.63. The van der Waals surface area contributed by atoms with Crippen molar-refractivity contribution in [2.45, 2.75) is 76.7 Å². The summed E-state index contributed by atoms with van der Waals surface area (Å²) in [6, 6.07) is 14.1.